The number of hydrogen-bond acceptors (Lipinski definition) is 7. The maximum Gasteiger partial charge on any atom is 0.324 e. The van der Waals surface area contributed by atoms with Gasteiger partial charge < -0.3 is 14.6 Å². The number of aliphatic hydroxyl groups is 1. The molecule has 3 rings (SSSR count). The van der Waals surface area contributed by atoms with Crippen molar-refractivity contribution in [2.45, 2.75) is 12.3 Å². The Balaban J connectivity index is 1.90. The summed E-state index contributed by atoms with van der Waals surface area (Å²) in [6, 6.07) is 0. The standard InChI is InChI=1S/C10H10N4O3S/c15-3-8-4-16-10(17-8,9-12-1-2-18-9)5-14-7-11-6-13-14/h1-2,4,6-7,15H,3,5H2. The summed E-state index contributed by atoms with van der Waals surface area (Å²) >= 11 is 1.42. The van der Waals surface area contributed by atoms with Gasteiger partial charge in [-0.25, -0.2) is 14.6 Å². The first-order valence-electron chi connectivity index (χ1n) is 5.21. The first-order chi connectivity index (χ1) is 8.82. The SMILES string of the molecule is OCC1=COC(Cn2cncn2)(c2nccs2)O1. The molecule has 0 spiro atoms. The van der Waals surface area contributed by atoms with E-state index in [1.165, 1.54) is 23.9 Å². The van der Waals surface area contributed by atoms with Crippen LogP contribution in [0.4, 0.5) is 0 Å². The lowest BCUT2D eigenvalue weighted by molar-refractivity contribution is -0.171. The number of aromatic nitrogens is 4. The predicted octanol–water partition coefficient (Wildman–Crippen LogP) is 0.468. The number of nitrogens with zero attached hydrogens (tertiary/aromatic N) is 4. The zero-order valence-corrected chi connectivity index (χ0v) is 10.1. The van der Waals surface area contributed by atoms with Crippen molar-refractivity contribution in [1.82, 2.24) is 19.7 Å². The Morgan fingerprint density at radius 2 is 2.44 bits per heavy atom. The molecule has 0 aliphatic carbocycles. The summed E-state index contributed by atoms with van der Waals surface area (Å²) in [5.74, 6) is -0.703. The molecule has 18 heavy (non-hydrogen) atoms. The van der Waals surface area contributed by atoms with Crippen molar-refractivity contribution in [2.24, 2.45) is 0 Å². The lowest BCUT2D eigenvalue weighted by atomic mass is 10.3. The van der Waals surface area contributed by atoms with Crippen LogP contribution in [0.25, 0.3) is 0 Å². The van der Waals surface area contributed by atoms with Crippen LogP contribution in [-0.4, -0.2) is 31.5 Å². The van der Waals surface area contributed by atoms with Crippen LogP contribution in [0, 0.1) is 0 Å². The highest BCUT2D eigenvalue weighted by atomic mass is 32.1. The van der Waals surface area contributed by atoms with Gasteiger partial charge in [0, 0.05) is 11.6 Å². The van der Waals surface area contributed by atoms with Gasteiger partial charge in [0.1, 0.15) is 32.1 Å². The van der Waals surface area contributed by atoms with Gasteiger partial charge in [0.15, 0.2) is 10.8 Å². The summed E-state index contributed by atoms with van der Waals surface area (Å²) in [4.78, 5) is 8.08. The number of rotatable bonds is 4. The molecule has 3 heterocycles. The minimum absolute atomic E-state index is 0.218. The van der Waals surface area contributed by atoms with E-state index in [1.807, 2.05) is 5.38 Å². The van der Waals surface area contributed by atoms with Crippen molar-refractivity contribution in [3.8, 4) is 0 Å². The summed E-state index contributed by atoms with van der Waals surface area (Å²) in [5.41, 5.74) is 0. The van der Waals surface area contributed by atoms with E-state index in [2.05, 4.69) is 15.1 Å². The van der Waals surface area contributed by atoms with Gasteiger partial charge in [-0.05, 0) is 0 Å². The molecule has 0 saturated carbocycles. The minimum atomic E-state index is -1.07. The molecule has 1 aliphatic rings. The molecule has 1 unspecified atom stereocenters. The fraction of sp³-hybridized carbons (Fsp3) is 0.300. The number of aliphatic hydroxyl groups excluding tert-OH is 1. The smallest absolute Gasteiger partial charge is 0.324 e. The van der Waals surface area contributed by atoms with Crippen molar-refractivity contribution in [2.75, 3.05) is 6.61 Å². The maximum absolute atomic E-state index is 9.10. The van der Waals surface area contributed by atoms with Gasteiger partial charge in [-0.3, -0.25) is 0 Å². The Bertz CT molecular complexity index is 539. The molecule has 7 nitrogen and oxygen atoms in total. The molecule has 0 amide bonds. The average molecular weight is 266 g/mol. The van der Waals surface area contributed by atoms with Crippen molar-refractivity contribution in [1.29, 1.82) is 0 Å². The van der Waals surface area contributed by atoms with E-state index in [-0.39, 0.29) is 6.61 Å². The second-order valence-corrected chi connectivity index (χ2v) is 4.54. The highest BCUT2D eigenvalue weighted by Crippen LogP contribution is 2.37. The van der Waals surface area contributed by atoms with Crippen molar-refractivity contribution in [3.63, 3.8) is 0 Å². The Hall–Kier alpha value is -1.93. The lowest BCUT2D eigenvalue weighted by Crippen LogP contribution is -2.33. The zero-order chi connectivity index (χ0) is 12.4. The van der Waals surface area contributed by atoms with Crippen LogP contribution in [0.1, 0.15) is 5.01 Å². The van der Waals surface area contributed by atoms with E-state index >= 15 is 0 Å². The Morgan fingerprint density at radius 3 is 3.06 bits per heavy atom. The normalized spacial score (nSPS) is 22.4. The Kier molecular flexibility index (Phi) is 2.73. The molecule has 94 valence electrons. The van der Waals surface area contributed by atoms with Crippen molar-refractivity contribution in [3.05, 3.63) is 41.3 Å². The third-order valence-electron chi connectivity index (χ3n) is 2.43. The third-order valence-corrected chi connectivity index (χ3v) is 3.32. The molecule has 0 saturated heterocycles. The largest absolute Gasteiger partial charge is 0.449 e. The van der Waals surface area contributed by atoms with Crippen LogP contribution in [0.15, 0.2) is 36.3 Å². The molecule has 1 atom stereocenters. The Morgan fingerprint density at radius 1 is 1.50 bits per heavy atom. The zero-order valence-electron chi connectivity index (χ0n) is 9.26. The Labute approximate surface area is 106 Å². The molecule has 8 heteroatoms. The summed E-state index contributed by atoms with van der Waals surface area (Å²) < 4.78 is 12.8. The molecule has 2 aromatic heterocycles. The van der Waals surface area contributed by atoms with Gasteiger partial charge in [-0.2, -0.15) is 5.10 Å². The van der Waals surface area contributed by atoms with Gasteiger partial charge >= 0.3 is 5.79 Å². The van der Waals surface area contributed by atoms with Gasteiger partial charge in [-0.1, -0.05) is 0 Å². The summed E-state index contributed by atoms with van der Waals surface area (Å²) in [7, 11) is 0. The van der Waals surface area contributed by atoms with Gasteiger partial charge in [0.05, 0.1) is 0 Å². The van der Waals surface area contributed by atoms with E-state index in [0.29, 0.717) is 17.3 Å². The van der Waals surface area contributed by atoms with Gasteiger partial charge in [0.2, 0.25) is 0 Å². The van der Waals surface area contributed by atoms with Crippen LogP contribution in [0.2, 0.25) is 0 Å². The molecule has 0 bridgehead atoms. The summed E-state index contributed by atoms with van der Waals surface area (Å²) in [6.45, 7) is 0.0883. The molecule has 2 aromatic rings. The van der Waals surface area contributed by atoms with Crippen molar-refractivity contribution >= 4 is 11.3 Å². The minimum Gasteiger partial charge on any atom is -0.449 e. The topological polar surface area (TPSA) is 82.3 Å². The highest BCUT2D eigenvalue weighted by molar-refractivity contribution is 7.09. The van der Waals surface area contributed by atoms with E-state index in [4.69, 9.17) is 14.6 Å². The predicted molar refractivity (Wildman–Crippen MR) is 61.2 cm³/mol. The molecule has 0 fully saturated rings. The van der Waals surface area contributed by atoms with Crippen LogP contribution in [0.5, 0.6) is 0 Å². The maximum atomic E-state index is 9.10. The second-order valence-electron chi connectivity index (χ2n) is 3.65. The van der Waals surface area contributed by atoms with Crippen LogP contribution >= 0.6 is 11.3 Å². The molecule has 0 aromatic carbocycles. The van der Waals surface area contributed by atoms with E-state index in [1.54, 1.807) is 17.2 Å². The fourth-order valence-electron chi connectivity index (χ4n) is 1.66. The highest BCUT2D eigenvalue weighted by Gasteiger charge is 2.44. The number of thiazole rings is 1. The first kappa shape index (κ1) is 11.2. The first-order valence-corrected chi connectivity index (χ1v) is 6.09. The quantitative estimate of drug-likeness (QED) is 0.866. The summed E-state index contributed by atoms with van der Waals surface area (Å²) in [6.07, 6.45) is 6.08. The molecular weight excluding hydrogens is 256 g/mol. The number of hydrogen-bond donors (Lipinski definition) is 1. The molecular formula is C10H10N4O3S. The summed E-state index contributed by atoms with van der Waals surface area (Å²) in [5, 5.41) is 15.6. The average Bonchev–Trinajstić information content (AvgIpc) is 3.11. The van der Waals surface area contributed by atoms with Crippen LogP contribution in [0.3, 0.4) is 0 Å². The molecule has 0 radical (unpaired) electrons. The van der Waals surface area contributed by atoms with E-state index < -0.39 is 5.79 Å². The van der Waals surface area contributed by atoms with Crippen molar-refractivity contribution < 1.29 is 14.6 Å². The van der Waals surface area contributed by atoms with E-state index in [9.17, 15) is 0 Å². The fourth-order valence-corrected chi connectivity index (χ4v) is 2.37. The van der Waals surface area contributed by atoms with Crippen LogP contribution < -0.4 is 0 Å². The van der Waals surface area contributed by atoms with Gasteiger partial charge in [-0.15, -0.1) is 11.3 Å². The van der Waals surface area contributed by atoms with Gasteiger partial charge in [0.25, 0.3) is 0 Å². The second kappa shape index (κ2) is 4.39. The molecule has 1 aliphatic heterocycles. The van der Waals surface area contributed by atoms with Crippen LogP contribution in [-0.2, 0) is 21.8 Å². The lowest BCUT2D eigenvalue weighted by Gasteiger charge is -2.25. The monoisotopic (exact) mass is 266 g/mol. The third kappa shape index (κ3) is 1.85. The van der Waals surface area contributed by atoms with E-state index in [0.717, 1.165) is 0 Å². The number of ether oxygens (including phenoxy) is 2. The molecule has 1 N–H and O–H groups in total.